The lowest BCUT2D eigenvalue weighted by atomic mass is 10.1. The zero-order chi connectivity index (χ0) is 18.2. The molecule has 26 heavy (non-hydrogen) atoms. The molecule has 0 saturated heterocycles. The van der Waals surface area contributed by atoms with E-state index in [0.717, 1.165) is 17.2 Å². The number of benzene rings is 3. The molecule has 1 amide bonds. The average molecular weight is 382 g/mol. The van der Waals surface area contributed by atoms with Crippen molar-refractivity contribution >= 4 is 29.3 Å². The summed E-state index contributed by atoms with van der Waals surface area (Å²) in [7, 11) is 0. The van der Waals surface area contributed by atoms with Gasteiger partial charge in [-0.3, -0.25) is 4.79 Å². The lowest BCUT2D eigenvalue weighted by molar-refractivity contribution is 0.0954. The van der Waals surface area contributed by atoms with E-state index in [1.807, 2.05) is 66.7 Å². The van der Waals surface area contributed by atoms with Crippen molar-refractivity contribution in [3.63, 3.8) is 0 Å². The number of carbonyl (C=O) groups excluding carboxylic acids is 1. The van der Waals surface area contributed by atoms with Crippen LogP contribution in [-0.4, -0.2) is 12.5 Å². The minimum atomic E-state index is -0.0298. The number of nitrogens with one attached hydrogen (secondary N) is 1. The van der Waals surface area contributed by atoms with E-state index in [1.54, 1.807) is 11.8 Å². The molecule has 0 radical (unpaired) electrons. The Morgan fingerprint density at radius 2 is 1.54 bits per heavy atom. The van der Waals surface area contributed by atoms with E-state index >= 15 is 0 Å². The first kappa shape index (κ1) is 18.6. The number of amides is 1. The zero-order valence-electron chi connectivity index (χ0n) is 14.3. The van der Waals surface area contributed by atoms with E-state index in [4.69, 9.17) is 11.6 Å². The number of hydrogen-bond donors (Lipinski definition) is 1. The second kappa shape index (κ2) is 9.46. The van der Waals surface area contributed by atoms with Crippen LogP contribution in [0.1, 0.15) is 21.5 Å². The van der Waals surface area contributed by atoms with Crippen LogP contribution in [0.2, 0.25) is 5.02 Å². The number of rotatable bonds is 7. The van der Waals surface area contributed by atoms with E-state index in [1.165, 1.54) is 16.0 Å². The van der Waals surface area contributed by atoms with Crippen LogP contribution < -0.4 is 5.32 Å². The molecule has 0 aromatic heterocycles. The first-order valence-corrected chi connectivity index (χ1v) is 9.86. The SMILES string of the molecule is O=C(NCCc1ccccc1)c1ccc(CSc2ccc(Cl)cc2)cc1. The smallest absolute Gasteiger partial charge is 0.251 e. The standard InChI is InChI=1S/C22H20ClNOS/c23-20-10-12-21(13-11-20)26-16-18-6-8-19(9-7-18)22(25)24-15-14-17-4-2-1-3-5-17/h1-13H,14-16H2,(H,24,25). The molecule has 2 nitrogen and oxygen atoms in total. The second-order valence-corrected chi connectivity index (χ2v) is 7.42. The van der Waals surface area contributed by atoms with Gasteiger partial charge in [0, 0.05) is 27.8 Å². The van der Waals surface area contributed by atoms with Crippen molar-refractivity contribution < 1.29 is 4.79 Å². The summed E-state index contributed by atoms with van der Waals surface area (Å²) in [5.74, 6) is 0.829. The maximum atomic E-state index is 12.2. The Bertz CT molecular complexity index is 832. The fourth-order valence-corrected chi connectivity index (χ4v) is 3.50. The molecule has 3 aromatic carbocycles. The van der Waals surface area contributed by atoms with Crippen molar-refractivity contribution in [1.29, 1.82) is 0 Å². The highest BCUT2D eigenvalue weighted by Gasteiger charge is 2.05. The van der Waals surface area contributed by atoms with Gasteiger partial charge in [0.05, 0.1) is 0 Å². The quantitative estimate of drug-likeness (QED) is 0.539. The van der Waals surface area contributed by atoms with Gasteiger partial charge in [-0.15, -0.1) is 11.8 Å². The molecule has 0 aliphatic rings. The Morgan fingerprint density at radius 3 is 2.23 bits per heavy atom. The van der Waals surface area contributed by atoms with Gasteiger partial charge in [0.1, 0.15) is 0 Å². The first-order chi connectivity index (χ1) is 12.7. The third-order valence-electron chi connectivity index (χ3n) is 3.98. The number of carbonyl (C=O) groups is 1. The van der Waals surface area contributed by atoms with Crippen LogP contribution in [0.5, 0.6) is 0 Å². The highest BCUT2D eigenvalue weighted by Crippen LogP contribution is 2.24. The van der Waals surface area contributed by atoms with Crippen molar-refractivity contribution in [3.8, 4) is 0 Å². The molecule has 0 spiro atoms. The topological polar surface area (TPSA) is 29.1 Å². The van der Waals surface area contributed by atoms with E-state index in [-0.39, 0.29) is 5.91 Å². The molecule has 0 atom stereocenters. The lowest BCUT2D eigenvalue weighted by Gasteiger charge is -2.07. The van der Waals surface area contributed by atoms with Crippen LogP contribution in [-0.2, 0) is 12.2 Å². The minimum Gasteiger partial charge on any atom is -0.352 e. The molecule has 0 fully saturated rings. The Labute approximate surface area is 163 Å². The summed E-state index contributed by atoms with van der Waals surface area (Å²) in [5, 5.41) is 3.72. The van der Waals surface area contributed by atoms with Crippen LogP contribution >= 0.6 is 23.4 Å². The summed E-state index contributed by atoms with van der Waals surface area (Å²) in [4.78, 5) is 13.4. The van der Waals surface area contributed by atoms with E-state index < -0.39 is 0 Å². The van der Waals surface area contributed by atoms with Crippen molar-refractivity contribution in [2.45, 2.75) is 17.1 Å². The Balaban J connectivity index is 1.47. The molecule has 0 unspecified atom stereocenters. The Kier molecular flexibility index (Phi) is 6.75. The Morgan fingerprint density at radius 1 is 0.846 bits per heavy atom. The van der Waals surface area contributed by atoms with Crippen molar-refractivity contribution in [2.75, 3.05) is 6.54 Å². The molecule has 0 aliphatic heterocycles. The summed E-state index contributed by atoms with van der Waals surface area (Å²) >= 11 is 7.65. The highest BCUT2D eigenvalue weighted by molar-refractivity contribution is 7.98. The van der Waals surface area contributed by atoms with Crippen LogP contribution in [0.3, 0.4) is 0 Å². The lowest BCUT2D eigenvalue weighted by Crippen LogP contribution is -2.25. The second-order valence-electron chi connectivity index (χ2n) is 5.93. The van der Waals surface area contributed by atoms with Gasteiger partial charge < -0.3 is 5.32 Å². The van der Waals surface area contributed by atoms with Crippen molar-refractivity contribution in [2.24, 2.45) is 0 Å². The summed E-state index contributed by atoms with van der Waals surface area (Å²) in [6.45, 7) is 0.636. The van der Waals surface area contributed by atoms with E-state index in [2.05, 4.69) is 17.4 Å². The largest absolute Gasteiger partial charge is 0.352 e. The molecular formula is C22H20ClNOS. The molecule has 4 heteroatoms. The molecule has 132 valence electrons. The van der Waals surface area contributed by atoms with Crippen LogP contribution in [0, 0.1) is 0 Å². The van der Waals surface area contributed by atoms with Gasteiger partial charge in [-0.2, -0.15) is 0 Å². The van der Waals surface area contributed by atoms with Crippen LogP contribution in [0.4, 0.5) is 0 Å². The molecule has 0 heterocycles. The van der Waals surface area contributed by atoms with Gasteiger partial charge in [-0.1, -0.05) is 54.1 Å². The third-order valence-corrected chi connectivity index (χ3v) is 5.31. The van der Waals surface area contributed by atoms with Crippen LogP contribution in [0.25, 0.3) is 0 Å². The van der Waals surface area contributed by atoms with E-state index in [0.29, 0.717) is 12.1 Å². The molecular weight excluding hydrogens is 362 g/mol. The van der Waals surface area contributed by atoms with Gasteiger partial charge in [-0.25, -0.2) is 0 Å². The minimum absolute atomic E-state index is 0.0298. The van der Waals surface area contributed by atoms with Crippen molar-refractivity contribution in [3.05, 3.63) is 101 Å². The summed E-state index contributed by atoms with van der Waals surface area (Å²) in [5.41, 5.74) is 3.10. The highest BCUT2D eigenvalue weighted by atomic mass is 35.5. The monoisotopic (exact) mass is 381 g/mol. The summed E-state index contributed by atoms with van der Waals surface area (Å²) < 4.78 is 0. The van der Waals surface area contributed by atoms with Gasteiger partial charge in [-0.05, 0) is 53.9 Å². The maximum Gasteiger partial charge on any atom is 0.251 e. The van der Waals surface area contributed by atoms with Crippen LogP contribution in [0.15, 0.2) is 83.8 Å². The fourth-order valence-electron chi connectivity index (χ4n) is 2.52. The molecule has 0 aliphatic carbocycles. The molecule has 1 N–H and O–H groups in total. The fraction of sp³-hybridized carbons (Fsp3) is 0.136. The number of halogens is 1. The normalized spacial score (nSPS) is 10.5. The molecule has 3 rings (SSSR count). The summed E-state index contributed by atoms with van der Waals surface area (Å²) in [6.07, 6.45) is 0.836. The number of thioether (sulfide) groups is 1. The van der Waals surface area contributed by atoms with Gasteiger partial charge in [0.15, 0.2) is 0 Å². The molecule has 0 saturated carbocycles. The predicted molar refractivity (Wildman–Crippen MR) is 110 cm³/mol. The number of hydrogen-bond acceptors (Lipinski definition) is 2. The first-order valence-electron chi connectivity index (χ1n) is 8.50. The van der Waals surface area contributed by atoms with Gasteiger partial charge in [0.2, 0.25) is 0 Å². The van der Waals surface area contributed by atoms with Gasteiger partial charge >= 0.3 is 0 Å². The zero-order valence-corrected chi connectivity index (χ0v) is 15.9. The molecule has 3 aromatic rings. The van der Waals surface area contributed by atoms with Crippen molar-refractivity contribution in [1.82, 2.24) is 5.32 Å². The maximum absolute atomic E-state index is 12.2. The molecule has 0 bridgehead atoms. The Hall–Kier alpha value is -2.23. The van der Waals surface area contributed by atoms with Gasteiger partial charge in [0.25, 0.3) is 5.91 Å². The average Bonchev–Trinajstić information content (AvgIpc) is 2.69. The third kappa shape index (κ3) is 5.65. The predicted octanol–water partition coefficient (Wildman–Crippen LogP) is 5.60. The van der Waals surface area contributed by atoms with E-state index in [9.17, 15) is 4.79 Å². The summed E-state index contributed by atoms with van der Waals surface area (Å²) in [6, 6.07) is 25.8.